The molecule has 0 saturated carbocycles. The predicted octanol–water partition coefficient (Wildman–Crippen LogP) is 6.72. The first-order valence-corrected chi connectivity index (χ1v) is 12.0. The van der Waals surface area contributed by atoms with Crippen LogP contribution in [0, 0.1) is 0 Å². The summed E-state index contributed by atoms with van der Waals surface area (Å²) in [7, 11) is 0. The molecule has 29 heavy (non-hydrogen) atoms. The molecule has 0 radical (unpaired) electrons. The molecule has 0 aliphatic heterocycles. The van der Waals surface area contributed by atoms with Crippen molar-refractivity contribution in [3.05, 3.63) is 29.8 Å². The number of carbonyl (C=O) groups is 1. The Labute approximate surface area is 178 Å². The minimum Gasteiger partial charge on any atom is -0.508 e. The smallest absolute Gasteiger partial charge is 0.314 e. The molecule has 2 amide bonds. The second-order valence-electron chi connectivity index (χ2n) is 8.20. The minimum atomic E-state index is -0.0231. The van der Waals surface area contributed by atoms with Gasteiger partial charge >= 0.3 is 6.03 Å². The van der Waals surface area contributed by atoms with Crippen molar-refractivity contribution < 1.29 is 9.90 Å². The zero-order chi connectivity index (χ0) is 21.0. The van der Waals surface area contributed by atoms with E-state index in [0.29, 0.717) is 5.75 Å². The molecular weight excluding hydrogens is 360 g/mol. The zero-order valence-electron chi connectivity index (χ0n) is 18.7. The normalized spacial score (nSPS) is 10.8. The number of aryl methyl sites for hydroxylation is 1. The first kappa shape index (κ1) is 25.3. The van der Waals surface area contributed by atoms with E-state index in [9.17, 15) is 9.90 Å². The molecule has 0 unspecified atom stereocenters. The molecule has 0 aromatic heterocycles. The largest absolute Gasteiger partial charge is 0.508 e. The highest BCUT2D eigenvalue weighted by Crippen LogP contribution is 2.13. The van der Waals surface area contributed by atoms with Gasteiger partial charge in [-0.3, -0.25) is 0 Å². The lowest BCUT2D eigenvalue weighted by Gasteiger charge is -2.08. The highest BCUT2D eigenvalue weighted by Gasteiger charge is 1.99. The first-order chi connectivity index (χ1) is 14.2. The summed E-state index contributed by atoms with van der Waals surface area (Å²) < 4.78 is 0. The maximum atomic E-state index is 11.8. The topological polar surface area (TPSA) is 61.4 Å². The molecule has 0 heterocycles. The fourth-order valence-electron chi connectivity index (χ4n) is 3.55. The van der Waals surface area contributed by atoms with Gasteiger partial charge in [0, 0.05) is 13.1 Å². The summed E-state index contributed by atoms with van der Waals surface area (Å²) in [6.07, 6.45) is 18.7. The van der Waals surface area contributed by atoms with Gasteiger partial charge in [0.15, 0.2) is 0 Å². The van der Waals surface area contributed by atoms with Crippen molar-refractivity contribution in [2.45, 2.75) is 103 Å². The van der Waals surface area contributed by atoms with Gasteiger partial charge in [-0.1, -0.05) is 89.7 Å². The van der Waals surface area contributed by atoms with Gasteiger partial charge in [0.05, 0.1) is 0 Å². The van der Waals surface area contributed by atoms with Gasteiger partial charge in [-0.25, -0.2) is 4.79 Å². The number of nitrogens with one attached hydrogen (secondary N) is 2. The molecule has 1 aromatic carbocycles. The quantitative estimate of drug-likeness (QED) is 0.238. The third-order valence-electron chi connectivity index (χ3n) is 5.43. The lowest BCUT2D eigenvalue weighted by Crippen LogP contribution is -2.36. The fourth-order valence-corrected chi connectivity index (χ4v) is 3.55. The van der Waals surface area contributed by atoms with Crippen LogP contribution in [0.2, 0.25) is 0 Å². The van der Waals surface area contributed by atoms with E-state index in [2.05, 4.69) is 17.6 Å². The van der Waals surface area contributed by atoms with Gasteiger partial charge < -0.3 is 15.7 Å². The number of phenolic OH excluding ortho intramolecular Hbond substituents is 1. The van der Waals surface area contributed by atoms with Crippen molar-refractivity contribution in [1.29, 1.82) is 0 Å². The number of carbonyl (C=O) groups excluding carboxylic acids is 1. The number of hydrogen-bond acceptors (Lipinski definition) is 2. The van der Waals surface area contributed by atoms with E-state index in [-0.39, 0.29) is 6.03 Å². The Morgan fingerprint density at radius 2 is 1.14 bits per heavy atom. The van der Waals surface area contributed by atoms with Crippen molar-refractivity contribution in [1.82, 2.24) is 10.6 Å². The molecule has 1 rings (SSSR count). The van der Waals surface area contributed by atoms with Crippen LogP contribution in [0.15, 0.2) is 24.3 Å². The van der Waals surface area contributed by atoms with Crippen molar-refractivity contribution in [2.75, 3.05) is 13.1 Å². The highest BCUT2D eigenvalue weighted by molar-refractivity contribution is 5.73. The molecule has 1 aromatic rings. The van der Waals surface area contributed by atoms with E-state index in [1.165, 1.54) is 69.8 Å². The van der Waals surface area contributed by atoms with Gasteiger partial charge in [-0.15, -0.1) is 0 Å². The number of benzene rings is 1. The molecule has 4 nitrogen and oxygen atoms in total. The monoisotopic (exact) mass is 404 g/mol. The number of urea groups is 1. The molecule has 0 atom stereocenters. The summed E-state index contributed by atoms with van der Waals surface area (Å²) in [5.41, 5.74) is 1.27. The minimum absolute atomic E-state index is 0.0231. The summed E-state index contributed by atoms with van der Waals surface area (Å²) in [6, 6.07) is 7.43. The molecule has 0 spiro atoms. The summed E-state index contributed by atoms with van der Waals surface area (Å²) >= 11 is 0. The van der Waals surface area contributed by atoms with Crippen LogP contribution in [0.5, 0.6) is 5.75 Å². The third kappa shape index (κ3) is 15.8. The van der Waals surface area contributed by atoms with E-state index < -0.39 is 0 Å². The van der Waals surface area contributed by atoms with Gasteiger partial charge in [0.1, 0.15) is 5.75 Å². The van der Waals surface area contributed by atoms with Gasteiger partial charge in [0.25, 0.3) is 0 Å². The van der Waals surface area contributed by atoms with Gasteiger partial charge in [-0.2, -0.15) is 0 Å². The van der Waals surface area contributed by atoms with E-state index >= 15 is 0 Å². The van der Waals surface area contributed by atoms with Crippen molar-refractivity contribution >= 4 is 6.03 Å². The van der Waals surface area contributed by atoms with E-state index in [4.69, 9.17) is 0 Å². The Balaban J connectivity index is 1.79. The molecule has 166 valence electrons. The lowest BCUT2D eigenvalue weighted by molar-refractivity contribution is 0.240. The Hall–Kier alpha value is -1.71. The molecule has 4 heteroatoms. The SMILES string of the molecule is CCCCCCCCCCCCNC(=O)NCCCCCCc1ccc(O)cc1. The Morgan fingerprint density at radius 1 is 0.690 bits per heavy atom. The van der Waals surface area contributed by atoms with Crippen LogP contribution in [0.25, 0.3) is 0 Å². The van der Waals surface area contributed by atoms with Crippen LogP contribution in [0.3, 0.4) is 0 Å². The first-order valence-electron chi connectivity index (χ1n) is 12.0. The summed E-state index contributed by atoms with van der Waals surface area (Å²) in [6.45, 7) is 3.80. The van der Waals surface area contributed by atoms with E-state index in [1.54, 1.807) is 12.1 Å². The lowest BCUT2D eigenvalue weighted by atomic mass is 10.1. The second-order valence-corrected chi connectivity index (χ2v) is 8.20. The molecule has 0 aliphatic carbocycles. The van der Waals surface area contributed by atoms with Crippen LogP contribution in [-0.4, -0.2) is 24.2 Å². The number of aromatic hydroxyl groups is 1. The summed E-state index contributed by atoms with van der Waals surface area (Å²) in [4.78, 5) is 11.8. The van der Waals surface area contributed by atoms with E-state index in [1.807, 2.05) is 12.1 Å². The molecule has 0 fully saturated rings. The number of hydrogen-bond donors (Lipinski definition) is 3. The highest BCUT2D eigenvalue weighted by atomic mass is 16.3. The summed E-state index contributed by atoms with van der Waals surface area (Å²) in [5, 5.41) is 15.2. The van der Waals surface area contributed by atoms with Crippen LogP contribution >= 0.6 is 0 Å². The number of amides is 2. The van der Waals surface area contributed by atoms with Crippen molar-refractivity contribution in [3.63, 3.8) is 0 Å². The average molecular weight is 405 g/mol. The maximum Gasteiger partial charge on any atom is 0.314 e. The van der Waals surface area contributed by atoms with E-state index in [0.717, 1.165) is 45.2 Å². The van der Waals surface area contributed by atoms with Crippen LogP contribution in [-0.2, 0) is 6.42 Å². The number of phenols is 1. The average Bonchev–Trinajstić information content (AvgIpc) is 2.72. The fraction of sp³-hybridized carbons (Fsp3) is 0.720. The van der Waals surface area contributed by atoms with Crippen molar-refractivity contribution in [2.24, 2.45) is 0 Å². The Morgan fingerprint density at radius 3 is 1.66 bits per heavy atom. The Bertz CT molecular complexity index is 502. The third-order valence-corrected chi connectivity index (χ3v) is 5.43. The zero-order valence-corrected chi connectivity index (χ0v) is 18.7. The maximum absolute atomic E-state index is 11.8. The molecule has 0 saturated heterocycles. The molecular formula is C25H44N2O2. The van der Waals surface area contributed by atoms with Crippen LogP contribution in [0.1, 0.15) is 102 Å². The Kier molecular flexibility index (Phi) is 16.0. The number of rotatable bonds is 18. The standard InChI is InChI=1S/C25H44N2O2/c1-2-3-4-5-6-7-8-9-11-14-21-26-25(29)27-22-15-12-10-13-16-23-17-19-24(28)20-18-23/h17-20,28H,2-16,21-22H2,1H3,(H2,26,27,29). The number of unbranched alkanes of at least 4 members (excludes halogenated alkanes) is 12. The van der Waals surface area contributed by atoms with Crippen molar-refractivity contribution in [3.8, 4) is 5.75 Å². The molecule has 0 aliphatic rings. The van der Waals surface area contributed by atoms with Crippen LogP contribution in [0.4, 0.5) is 4.79 Å². The second kappa shape index (κ2) is 18.3. The molecule has 3 N–H and O–H groups in total. The van der Waals surface area contributed by atoms with Gasteiger partial charge in [-0.05, 0) is 43.4 Å². The van der Waals surface area contributed by atoms with Gasteiger partial charge in [0.2, 0.25) is 0 Å². The summed E-state index contributed by atoms with van der Waals surface area (Å²) in [5.74, 6) is 0.325. The van der Waals surface area contributed by atoms with Crippen LogP contribution < -0.4 is 10.6 Å². The molecule has 0 bridgehead atoms. The predicted molar refractivity (Wildman–Crippen MR) is 124 cm³/mol.